The minimum atomic E-state index is -0.872. The summed E-state index contributed by atoms with van der Waals surface area (Å²) < 4.78 is 11.0. The number of Topliss-reactive ketones (excluding diaryl/α,β-unsaturated/α-hetero) is 1. The third-order valence-corrected chi connectivity index (χ3v) is 4.48. The molecule has 2 amide bonds. The Labute approximate surface area is 184 Å². The molecule has 1 unspecified atom stereocenters. The summed E-state index contributed by atoms with van der Waals surface area (Å²) >= 11 is 11.8. The Kier molecular flexibility index (Phi) is 8.95. The average molecular weight is 453 g/mol. The summed E-state index contributed by atoms with van der Waals surface area (Å²) in [5.74, 6) is -0.142. The van der Waals surface area contributed by atoms with Crippen LogP contribution in [-0.4, -0.2) is 30.3 Å². The summed E-state index contributed by atoms with van der Waals surface area (Å²) in [7, 11) is 0. The van der Waals surface area contributed by atoms with Crippen molar-refractivity contribution < 1.29 is 23.9 Å². The van der Waals surface area contributed by atoms with Gasteiger partial charge in [0.25, 0.3) is 5.91 Å². The molecule has 160 valence electrons. The summed E-state index contributed by atoms with van der Waals surface area (Å²) in [5.41, 5.74) is 5.11. The molecule has 0 aliphatic heterocycles. The molecule has 30 heavy (non-hydrogen) atoms. The highest BCUT2D eigenvalue weighted by atomic mass is 35.5. The molecule has 0 saturated heterocycles. The maximum absolute atomic E-state index is 12.1. The molecular weight excluding hydrogens is 431 g/mol. The van der Waals surface area contributed by atoms with E-state index in [2.05, 4.69) is 10.9 Å². The molecule has 2 aromatic carbocycles. The van der Waals surface area contributed by atoms with Gasteiger partial charge in [0, 0.05) is 17.0 Å². The van der Waals surface area contributed by atoms with Gasteiger partial charge < -0.3 is 9.47 Å². The number of hydrogen-bond acceptors (Lipinski definition) is 5. The molecule has 2 rings (SSSR count). The van der Waals surface area contributed by atoms with Gasteiger partial charge in [0.05, 0.1) is 11.6 Å². The van der Waals surface area contributed by atoms with Gasteiger partial charge in [-0.1, -0.05) is 35.3 Å². The van der Waals surface area contributed by atoms with Crippen LogP contribution in [0.25, 0.3) is 0 Å². The number of halogens is 2. The third-order valence-electron chi connectivity index (χ3n) is 3.95. The molecule has 0 radical (unpaired) electrons. The summed E-state index contributed by atoms with van der Waals surface area (Å²) in [4.78, 5) is 35.4. The molecule has 0 aliphatic rings. The van der Waals surface area contributed by atoms with E-state index in [0.29, 0.717) is 33.5 Å². The number of carbonyl (C=O) groups excluding carboxylic acids is 3. The summed E-state index contributed by atoms with van der Waals surface area (Å²) in [6, 6.07) is 11.4. The maximum atomic E-state index is 12.1. The first kappa shape index (κ1) is 23.5. The lowest BCUT2D eigenvalue weighted by molar-refractivity contribution is -0.132. The topological polar surface area (TPSA) is 93.7 Å². The molecular formula is C21H22Cl2N2O5. The van der Waals surface area contributed by atoms with Gasteiger partial charge in [-0.3, -0.25) is 25.2 Å². The Balaban J connectivity index is 1.69. The van der Waals surface area contributed by atoms with Gasteiger partial charge >= 0.3 is 0 Å². The van der Waals surface area contributed by atoms with Gasteiger partial charge in [-0.2, -0.15) is 0 Å². The summed E-state index contributed by atoms with van der Waals surface area (Å²) in [5, 5.41) is 0.897. The van der Waals surface area contributed by atoms with E-state index in [0.717, 1.165) is 0 Å². The van der Waals surface area contributed by atoms with Crippen molar-refractivity contribution in [3.8, 4) is 11.5 Å². The number of hydrazine groups is 1. The molecule has 0 heterocycles. The molecule has 0 saturated carbocycles. The van der Waals surface area contributed by atoms with Crippen LogP contribution >= 0.6 is 23.2 Å². The predicted octanol–water partition coefficient (Wildman–Crippen LogP) is 3.97. The van der Waals surface area contributed by atoms with Crippen molar-refractivity contribution in [3.05, 3.63) is 58.1 Å². The van der Waals surface area contributed by atoms with E-state index in [1.54, 1.807) is 42.5 Å². The van der Waals surface area contributed by atoms with Gasteiger partial charge in [-0.05, 0) is 50.6 Å². The highest BCUT2D eigenvalue weighted by Crippen LogP contribution is 2.27. The number of nitrogens with one attached hydrogen (secondary N) is 2. The highest BCUT2D eigenvalue weighted by Gasteiger charge is 2.16. The van der Waals surface area contributed by atoms with Crippen LogP contribution in [0.1, 0.15) is 37.0 Å². The fourth-order valence-electron chi connectivity index (χ4n) is 2.35. The fourth-order valence-corrected chi connectivity index (χ4v) is 2.81. The van der Waals surface area contributed by atoms with Crippen molar-refractivity contribution in [2.24, 2.45) is 0 Å². The number of ketones is 1. The molecule has 7 nitrogen and oxygen atoms in total. The van der Waals surface area contributed by atoms with Crippen LogP contribution in [-0.2, 0) is 9.59 Å². The molecule has 2 N–H and O–H groups in total. The predicted molar refractivity (Wildman–Crippen MR) is 114 cm³/mol. The van der Waals surface area contributed by atoms with Gasteiger partial charge in [0.1, 0.15) is 11.5 Å². The second-order valence-corrected chi connectivity index (χ2v) is 7.25. The number of benzene rings is 2. The fraction of sp³-hybridized carbons (Fsp3) is 0.286. The second kappa shape index (κ2) is 11.4. The van der Waals surface area contributed by atoms with Crippen molar-refractivity contribution in [3.63, 3.8) is 0 Å². The Bertz CT molecular complexity index is 920. The number of ether oxygens (including phenoxy) is 2. The van der Waals surface area contributed by atoms with Crippen molar-refractivity contribution in [1.82, 2.24) is 10.9 Å². The molecule has 0 fully saturated rings. The van der Waals surface area contributed by atoms with E-state index in [4.69, 9.17) is 32.7 Å². The first-order chi connectivity index (χ1) is 14.3. The first-order valence-electron chi connectivity index (χ1n) is 9.20. The van der Waals surface area contributed by atoms with Crippen molar-refractivity contribution in [2.45, 2.75) is 32.8 Å². The average Bonchev–Trinajstić information content (AvgIpc) is 2.70. The van der Waals surface area contributed by atoms with Gasteiger partial charge in [0.2, 0.25) is 5.91 Å². The molecule has 9 heteroatoms. The van der Waals surface area contributed by atoms with Crippen molar-refractivity contribution >= 4 is 40.8 Å². The van der Waals surface area contributed by atoms with Gasteiger partial charge in [-0.15, -0.1) is 0 Å². The van der Waals surface area contributed by atoms with E-state index in [9.17, 15) is 14.4 Å². The minimum absolute atomic E-state index is 0.105. The first-order valence-corrected chi connectivity index (χ1v) is 9.96. The van der Waals surface area contributed by atoms with Crippen LogP contribution in [0.3, 0.4) is 0 Å². The second-order valence-electron chi connectivity index (χ2n) is 6.41. The largest absolute Gasteiger partial charge is 0.492 e. The number of hydrogen-bond donors (Lipinski definition) is 2. The molecule has 0 aliphatic carbocycles. The zero-order valence-corrected chi connectivity index (χ0v) is 18.0. The maximum Gasteiger partial charge on any atom is 0.279 e. The van der Waals surface area contributed by atoms with Gasteiger partial charge in [-0.25, -0.2) is 0 Å². The number of amides is 2. The summed E-state index contributed by atoms with van der Waals surface area (Å²) in [6.45, 7) is 3.25. The van der Waals surface area contributed by atoms with E-state index in [1.807, 2.05) is 0 Å². The standard InChI is InChI=1S/C21H22Cl2N2O5/c1-13(26)15-5-3-6-17(11-15)30-14(2)21(28)25-24-20(27)7-4-10-29-19-9-8-16(22)12-18(19)23/h3,5-6,8-9,11-12,14H,4,7,10H2,1-2H3,(H,24,27)(H,25,28). The van der Waals surface area contributed by atoms with E-state index < -0.39 is 12.0 Å². The molecule has 0 bridgehead atoms. The number of rotatable bonds is 9. The normalized spacial score (nSPS) is 11.3. The lowest BCUT2D eigenvalue weighted by Crippen LogP contribution is -2.47. The Morgan fingerprint density at radius 3 is 2.53 bits per heavy atom. The van der Waals surface area contributed by atoms with Crippen LogP contribution in [0, 0.1) is 0 Å². The lowest BCUT2D eigenvalue weighted by atomic mass is 10.1. The Morgan fingerprint density at radius 1 is 1.07 bits per heavy atom. The molecule has 0 spiro atoms. The van der Waals surface area contributed by atoms with Gasteiger partial charge in [0.15, 0.2) is 11.9 Å². The van der Waals surface area contributed by atoms with Crippen molar-refractivity contribution in [1.29, 1.82) is 0 Å². The molecule has 2 aromatic rings. The summed E-state index contributed by atoms with van der Waals surface area (Å²) in [6.07, 6.45) is -0.311. The Hall–Kier alpha value is -2.77. The van der Waals surface area contributed by atoms with Crippen LogP contribution in [0.2, 0.25) is 10.0 Å². The van der Waals surface area contributed by atoms with Crippen molar-refractivity contribution in [2.75, 3.05) is 6.61 Å². The van der Waals surface area contributed by atoms with E-state index in [-0.39, 0.29) is 24.7 Å². The lowest BCUT2D eigenvalue weighted by Gasteiger charge is -2.15. The minimum Gasteiger partial charge on any atom is -0.492 e. The zero-order valence-electron chi connectivity index (χ0n) is 16.5. The number of carbonyl (C=O) groups is 3. The van der Waals surface area contributed by atoms with Crippen LogP contribution in [0.4, 0.5) is 0 Å². The zero-order chi connectivity index (χ0) is 22.1. The van der Waals surface area contributed by atoms with Crippen LogP contribution in [0.5, 0.6) is 11.5 Å². The van der Waals surface area contributed by atoms with E-state index >= 15 is 0 Å². The Morgan fingerprint density at radius 2 is 1.83 bits per heavy atom. The quantitative estimate of drug-likeness (QED) is 0.341. The van der Waals surface area contributed by atoms with Crippen LogP contribution < -0.4 is 20.3 Å². The highest BCUT2D eigenvalue weighted by molar-refractivity contribution is 6.35. The SMILES string of the molecule is CC(=O)c1cccc(OC(C)C(=O)NNC(=O)CCCOc2ccc(Cl)cc2Cl)c1. The third kappa shape index (κ3) is 7.57. The van der Waals surface area contributed by atoms with Crippen LogP contribution in [0.15, 0.2) is 42.5 Å². The molecule has 0 aromatic heterocycles. The van der Waals surface area contributed by atoms with E-state index in [1.165, 1.54) is 13.8 Å². The molecule has 1 atom stereocenters. The monoisotopic (exact) mass is 452 g/mol. The smallest absolute Gasteiger partial charge is 0.279 e.